The van der Waals surface area contributed by atoms with Crippen molar-refractivity contribution < 1.29 is 9.13 Å². The van der Waals surface area contributed by atoms with Crippen LogP contribution in [0, 0.1) is 5.82 Å². The number of halogens is 1. The third-order valence-electron chi connectivity index (χ3n) is 2.67. The van der Waals surface area contributed by atoms with Crippen LogP contribution in [-0.4, -0.2) is 13.2 Å². The first-order chi connectivity index (χ1) is 7.74. The lowest BCUT2D eigenvalue weighted by Crippen LogP contribution is -2.38. The van der Waals surface area contributed by atoms with Gasteiger partial charge in [0.2, 0.25) is 0 Å². The molecule has 1 aromatic rings. The van der Waals surface area contributed by atoms with Crippen molar-refractivity contribution in [2.45, 2.75) is 31.9 Å². The molecule has 2 atom stereocenters. The van der Waals surface area contributed by atoms with Gasteiger partial charge in [-0.25, -0.2) is 4.39 Å². The molecule has 0 aliphatic carbocycles. The van der Waals surface area contributed by atoms with Crippen molar-refractivity contribution in [3.63, 3.8) is 0 Å². The average Bonchev–Trinajstić information content (AvgIpc) is 2.31. The molecule has 0 saturated heterocycles. The zero-order chi connectivity index (χ0) is 12.0. The highest BCUT2D eigenvalue weighted by atomic mass is 19.1. The van der Waals surface area contributed by atoms with Gasteiger partial charge in [0, 0.05) is 12.7 Å². The fourth-order valence-corrected chi connectivity index (χ4v) is 1.83. The first-order valence-corrected chi connectivity index (χ1v) is 5.47. The summed E-state index contributed by atoms with van der Waals surface area (Å²) in [4.78, 5) is 0. The number of hydrazine groups is 1. The number of rotatable bonds is 6. The molecule has 0 radical (unpaired) electrons. The van der Waals surface area contributed by atoms with Crippen molar-refractivity contribution in [2.75, 3.05) is 7.11 Å². The highest BCUT2D eigenvalue weighted by Crippen LogP contribution is 2.23. The van der Waals surface area contributed by atoms with Crippen molar-refractivity contribution in [1.82, 2.24) is 5.43 Å². The van der Waals surface area contributed by atoms with Crippen LogP contribution in [0.25, 0.3) is 0 Å². The van der Waals surface area contributed by atoms with E-state index in [-0.39, 0.29) is 18.0 Å². The van der Waals surface area contributed by atoms with E-state index in [1.807, 2.05) is 0 Å². The summed E-state index contributed by atoms with van der Waals surface area (Å²) in [5.41, 5.74) is 3.18. The van der Waals surface area contributed by atoms with Crippen LogP contribution in [0.2, 0.25) is 0 Å². The summed E-state index contributed by atoms with van der Waals surface area (Å²) in [7, 11) is 1.62. The Hall–Kier alpha value is -0.970. The molecule has 0 bridgehead atoms. The van der Waals surface area contributed by atoms with Crippen LogP contribution >= 0.6 is 0 Å². The molecule has 0 fully saturated rings. The highest BCUT2D eigenvalue weighted by Gasteiger charge is 2.23. The number of benzene rings is 1. The molecule has 0 amide bonds. The summed E-state index contributed by atoms with van der Waals surface area (Å²) < 4.78 is 19.0. The largest absolute Gasteiger partial charge is 0.379 e. The van der Waals surface area contributed by atoms with Gasteiger partial charge >= 0.3 is 0 Å². The third kappa shape index (κ3) is 3.01. The predicted molar refractivity (Wildman–Crippen MR) is 62.2 cm³/mol. The number of methoxy groups -OCH3 is 1. The van der Waals surface area contributed by atoms with Crippen LogP contribution in [0.4, 0.5) is 4.39 Å². The van der Waals surface area contributed by atoms with Crippen LogP contribution in [0.1, 0.15) is 31.4 Å². The Balaban J connectivity index is 2.92. The molecule has 4 heteroatoms. The Kier molecular flexibility index (Phi) is 5.38. The fraction of sp³-hybridized carbons (Fsp3) is 0.500. The minimum absolute atomic E-state index is 0.119. The fourth-order valence-electron chi connectivity index (χ4n) is 1.83. The number of hydrogen-bond acceptors (Lipinski definition) is 3. The van der Waals surface area contributed by atoms with E-state index in [1.165, 1.54) is 6.07 Å². The van der Waals surface area contributed by atoms with Gasteiger partial charge in [-0.15, -0.1) is 0 Å². The molecular formula is C12H19FN2O. The van der Waals surface area contributed by atoms with E-state index in [0.29, 0.717) is 5.56 Å². The summed E-state index contributed by atoms with van der Waals surface area (Å²) in [6.07, 6.45) is 1.68. The lowest BCUT2D eigenvalue weighted by Gasteiger charge is -2.25. The maximum atomic E-state index is 13.6. The molecule has 2 unspecified atom stereocenters. The summed E-state index contributed by atoms with van der Waals surface area (Å²) in [5, 5.41) is 0. The van der Waals surface area contributed by atoms with Crippen LogP contribution in [0.15, 0.2) is 24.3 Å². The topological polar surface area (TPSA) is 47.3 Å². The van der Waals surface area contributed by atoms with Gasteiger partial charge in [0.25, 0.3) is 0 Å². The average molecular weight is 226 g/mol. The van der Waals surface area contributed by atoms with Crippen LogP contribution in [0.5, 0.6) is 0 Å². The van der Waals surface area contributed by atoms with Gasteiger partial charge in [0.05, 0.1) is 12.1 Å². The molecule has 3 nitrogen and oxygen atoms in total. The van der Waals surface area contributed by atoms with Crippen molar-refractivity contribution in [3.8, 4) is 0 Å². The van der Waals surface area contributed by atoms with E-state index in [9.17, 15) is 4.39 Å². The minimum atomic E-state index is -0.314. The lowest BCUT2D eigenvalue weighted by atomic mass is 9.98. The van der Waals surface area contributed by atoms with E-state index < -0.39 is 0 Å². The lowest BCUT2D eigenvalue weighted by molar-refractivity contribution is 0.0595. The number of ether oxygens (including phenoxy) is 1. The third-order valence-corrected chi connectivity index (χ3v) is 2.67. The second-order valence-electron chi connectivity index (χ2n) is 3.73. The number of nitrogens with two attached hydrogens (primary N) is 1. The second-order valence-corrected chi connectivity index (χ2v) is 3.73. The Bertz CT molecular complexity index is 320. The highest BCUT2D eigenvalue weighted by molar-refractivity contribution is 5.22. The second kappa shape index (κ2) is 6.58. The van der Waals surface area contributed by atoms with Crippen LogP contribution < -0.4 is 11.3 Å². The summed E-state index contributed by atoms with van der Waals surface area (Å²) in [6, 6.07) is 6.29. The van der Waals surface area contributed by atoms with Gasteiger partial charge in [-0.3, -0.25) is 11.3 Å². The molecular weight excluding hydrogens is 207 g/mol. The Morgan fingerprint density at radius 2 is 2.12 bits per heavy atom. The Morgan fingerprint density at radius 1 is 1.44 bits per heavy atom. The van der Waals surface area contributed by atoms with Crippen molar-refractivity contribution in [1.29, 1.82) is 0 Å². The molecule has 1 rings (SSSR count). The maximum absolute atomic E-state index is 13.6. The smallest absolute Gasteiger partial charge is 0.128 e. The van der Waals surface area contributed by atoms with Crippen LogP contribution in [0.3, 0.4) is 0 Å². The summed E-state index contributed by atoms with van der Waals surface area (Å²) >= 11 is 0. The molecule has 16 heavy (non-hydrogen) atoms. The van der Waals surface area contributed by atoms with E-state index in [2.05, 4.69) is 12.3 Å². The first-order valence-electron chi connectivity index (χ1n) is 5.47. The van der Waals surface area contributed by atoms with Gasteiger partial charge < -0.3 is 4.74 Å². The van der Waals surface area contributed by atoms with Crippen molar-refractivity contribution in [3.05, 3.63) is 35.6 Å². The molecule has 0 aromatic heterocycles. The van der Waals surface area contributed by atoms with Crippen LogP contribution in [-0.2, 0) is 4.74 Å². The first kappa shape index (κ1) is 13.1. The van der Waals surface area contributed by atoms with Gasteiger partial charge in [-0.2, -0.15) is 0 Å². The summed E-state index contributed by atoms with van der Waals surface area (Å²) in [5.74, 6) is 5.22. The van der Waals surface area contributed by atoms with Crippen molar-refractivity contribution in [2.24, 2.45) is 5.84 Å². The molecule has 0 saturated carbocycles. The standard InChI is InChI=1S/C12H19FN2O/c1-3-6-11(16-2)12(15-14)9-7-4-5-8-10(9)13/h4-5,7-8,11-12,15H,3,6,14H2,1-2H3. The van der Waals surface area contributed by atoms with E-state index >= 15 is 0 Å². The quantitative estimate of drug-likeness (QED) is 0.577. The minimum Gasteiger partial charge on any atom is -0.379 e. The molecule has 3 N–H and O–H groups in total. The van der Waals surface area contributed by atoms with Gasteiger partial charge in [-0.1, -0.05) is 31.5 Å². The molecule has 0 heterocycles. The SMILES string of the molecule is CCCC(OC)C(NN)c1ccccc1F. The monoisotopic (exact) mass is 226 g/mol. The van der Waals surface area contributed by atoms with Crippen molar-refractivity contribution >= 4 is 0 Å². The van der Waals surface area contributed by atoms with Gasteiger partial charge in [0.1, 0.15) is 5.82 Å². The Morgan fingerprint density at radius 3 is 2.62 bits per heavy atom. The van der Waals surface area contributed by atoms with Gasteiger partial charge in [-0.05, 0) is 12.5 Å². The molecule has 90 valence electrons. The van der Waals surface area contributed by atoms with E-state index in [0.717, 1.165) is 12.8 Å². The predicted octanol–water partition coefficient (Wildman–Crippen LogP) is 2.15. The molecule has 0 spiro atoms. The summed E-state index contributed by atoms with van der Waals surface area (Å²) in [6.45, 7) is 2.06. The zero-order valence-electron chi connectivity index (χ0n) is 9.74. The zero-order valence-corrected chi connectivity index (χ0v) is 9.74. The molecule has 0 aliphatic heterocycles. The van der Waals surface area contributed by atoms with Gasteiger partial charge in [0.15, 0.2) is 0 Å². The maximum Gasteiger partial charge on any atom is 0.128 e. The molecule has 1 aromatic carbocycles. The number of hydrogen-bond donors (Lipinski definition) is 2. The Labute approximate surface area is 95.8 Å². The van der Waals surface area contributed by atoms with E-state index in [1.54, 1.807) is 25.3 Å². The molecule has 0 aliphatic rings. The number of nitrogens with one attached hydrogen (secondary N) is 1. The normalized spacial score (nSPS) is 14.8. The van der Waals surface area contributed by atoms with E-state index in [4.69, 9.17) is 10.6 Å².